The molecule has 0 saturated heterocycles. The Hall–Kier alpha value is -2.90. The van der Waals surface area contributed by atoms with Gasteiger partial charge in [0.1, 0.15) is 0 Å². The summed E-state index contributed by atoms with van der Waals surface area (Å²) in [5.74, 6) is -2.90. The van der Waals surface area contributed by atoms with Gasteiger partial charge in [-0.2, -0.15) is 0 Å². The number of rotatable bonds is 8. The molecule has 0 aliphatic carbocycles. The summed E-state index contributed by atoms with van der Waals surface area (Å²) < 4.78 is 0. The van der Waals surface area contributed by atoms with Crippen molar-refractivity contribution in [3.63, 3.8) is 0 Å². The monoisotopic (exact) mass is 392 g/mol. The van der Waals surface area contributed by atoms with Gasteiger partial charge in [0.15, 0.2) is 0 Å². The van der Waals surface area contributed by atoms with Crippen molar-refractivity contribution in [3.8, 4) is 0 Å². The maximum absolute atomic E-state index is 12.0. The van der Waals surface area contributed by atoms with Crippen molar-refractivity contribution in [1.29, 1.82) is 0 Å². The molecule has 1 atom stereocenters. The van der Waals surface area contributed by atoms with Gasteiger partial charge >= 0.3 is 11.9 Å². The minimum Gasteiger partial charge on any atom is -0.478 e. The number of aromatic carboxylic acids is 2. The standard InChI is InChI=1S/C19H20N2O5.ClH/c20-16(11-12-4-2-1-3-5-12)17(22)21-9-8-13-6-7-14(18(23)24)15(10-13)19(25)26;/h1-7,10,16H,8-9,11,20H2,(H,21,22)(H,23,24)(H,25,26);1H. The second-order valence-corrected chi connectivity index (χ2v) is 5.83. The van der Waals surface area contributed by atoms with Crippen LogP contribution in [0.4, 0.5) is 0 Å². The molecule has 0 spiro atoms. The molecular weight excluding hydrogens is 372 g/mol. The Morgan fingerprint density at radius 3 is 2.15 bits per heavy atom. The Kier molecular flexibility index (Phi) is 8.44. The molecule has 0 bridgehead atoms. The van der Waals surface area contributed by atoms with E-state index in [2.05, 4.69) is 5.32 Å². The highest BCUT2D eigenvalue weighted by Gasteiger charge is 2.17. The molecule has 2 aromatic rings. The Labute approximate surface area is 162 Å². The van der Waals surface area contributed by atoms with Crippen molar-refractivity contribution in [2.75, 3.05) is 6.54 Å². The summed E-state index contributed by atoms with van der Waals surface area (Å²) in [6, 6.07) is 12.8. The van der Waals surface area contributed by atoms with E-state index in [1.54, 1.807) is 0 Å². The van der Waals surface area contributed by atoms with Gasteiger partial charge in [0, 0.05) is 6.54 Å². The number of halogens is 1. The third kappa shape index (κ3) is 6.40. The lowest BCUT2D eigenvalue weighted by atomic mass is 10.0. The fraction of sp³-hybridized carbons (Fsp3) is 0.211. The van der Waals surface area contributed by atoms with Crippen molar-refractivity contribution >= 4 is 30.3 Å². The van der Waals surface area contributed by atoms with Crippen LogP contribution in [-0.4, -0.2) is 40.6 Å². The summed E-state index contributed by atoms with van der Waals surface area (Å²) in [5.41, 5.74) is 6.93. The quantitative estimate of drug-likeness (QED) is 0.541. The Balaban J connectivity index is 0.00000364. The van der Waals surface area contributed by atoms with E-state index in [0.29, 0.717) is 18.4 Å². The van der Waals surface area contributed by atoms with E-state index in [-0.39, 0.29) is 36.0 Å². The first-order valence-electron chi connectivity index (χ1n) is 8.05. The first-order valence-corrected chi connectivity index (χ1v) is 8.05. The number of hydrogen-bond acceptors (Lipinski definition) is 4. The van der Waals surface area contributed by atoms with Crippen LogP contribution in [0.1, 0.15) is 31.8 Å². The number of benzene rings is 2. The van der Waals surface area contributed by atoms with Crippen LogP contribution in [0, 0.1) is 0 Å². The molecule has 5 N–H and O–H groups in total. The van der Waals surface area contributed by atoms with E-state index >= 15 is 0 Å². The lowest BCUT2D eigenvalue weighted by Crippen LogP contribution is -2.42. The van der Waals surface area contributed by atoms with Crippen molar-refractivity contribution in [1.82, 2.24) is 5.32 Å². The van der Waals surface area contributed by atoms with Gasteiger partial charge in [-0.3, -0.25) is 4.79 Å². The molecule has 0 aliphatic heterocycles. The van der Waals surface area contributed by atoms with Crippen LogP contribution in [-0.2, 0) is 17.6 Å². The van der Waals surface area contributed by atoms with E-state index in [4.69, 9.17) is 15.9 Å². The third-order valence-corrected chi connectivity index (χ3v) is 3.89. The lowest BCUT2D eigenvalue weighted by Gasteiger charge is -2.12. The molecule has 1 amide bonds. The second-order valence-electron chi connectivity index (χ2n) is 5.83. The number of carbonyl (C=O) groups is 3. The van der Waals surface area contributed by atoms with E-state index in [1.807, 2.05) is 30.3 Å². The van der Waals surface area contributed by atoms with Crippen molar-refractivity contribution in [3.05, 3.63) is 70.8 Å². The molecule has 1 unspecified atom stereocenters. The molecule has 2 aromatic carbocycles. The number of nitrogens with one attached hydrogen (secondary N) is 1. The smallest absolute Gasteiger partial charge is 0.336 e. The zero-order chi connectivity index (χ0) is 19.1. The SMILES string of the molecule is Cl.NC(Cc1ccccc1)C(=O)NCCc1ccc(C(=O)O)c(C(=O)O)c1. The van der Waals surface area contributed by atoms with Gasteiger partial charge in [0.2, 0.25) is 5.91 Å². The van der Waals surface area contributed by atoms with Crippen molar-refractivity contribution in [2.24, 2.45) is 5.73 Å². The Morgan fingerprint density at radius 1 is 0.926 bits per heavy atom. The van der Waals surface area contributed by atoms with Crippen LogP contribution in [0.5, 0.6) is 0 Å². The van der Waals surface area contributed by atoms with E-state index < -0.39 is 18.0 Å². The molecule has 2 rings (SSSR count). The third-order valence-electron chi connectivity index (χ3n) is 3.89. The highest BCUT2D eigenvalue weighted by molar-refractivity contribution is 6.01. The number of carboxylic acids is 2. The maximum atomic E-state index is 12.0. The fourth-order valence-corrected chi connectivity index (χ4v) is 2.53. The summed E-state index contributed by atoms with van der Waals surface area (Å²) in [6.45, 7) is 0.271. The predicted molar refractivity (Wildman–Crippen MR) is 102 cm³/mol. The van der Waals surface area contributed by atoms with Crippen LogP contribution < -0.4 is 11.1 Å². The number of nitrogens with two attached hydrogens (primary N) is 1. The van der Waals surface area contributed by atoms with E-state index in [0.717, 1.165) is 5.56 Å². The van der Waals surface area contributed by atoms with Crippen molar-refractivity contribution in [2.45, 2.75) is 18.9 Å². The van der Waals surface area contributed by atoms with Gasteiger partial charge in [-0.25, -0.2) is 9.59 Å². The number of hydrogen-bond donors (Lipinski definition) is 4. The van der Waals surface area contributed by atoms with Gasteiger partial charge < -0.3 is 21.3 Å². The molecule has 144 valence electrons. The van der Waals surface area contributed by atoms with Crippen LogP contribution >= 0.6 is 12.4 Å². The average Bonchev–Trinajstić information content (AvgIpc) is 2.62. The highest BCUT2D eigenvalue weighted by Crippen LogP contribution is 2.13. The van der Waals surface area contributed by atoms with Crippen molar-refractivity contribution < 1.29 is 24.6 Å². The molecule has 0 aliphatic rings. The van der Waals surface area contributed by atoms with Gasteiger partial charge in [0.05, 0.1) is 17.2 Å². The molecular formula is C19H21ClN2O5. The van der Waals surface area contributed by atoms with Gasteiger partial charge in [-0.1, -0.05) is 36.4 Å². The number of carbonyl (C=O) groups excluding carboxylic acids is 1. The zero-order valence-corrected chi connectivity index (χ0v) is 15.2. The molecule has 0 radical (unpaired) electrons. The van der Waals surface area contributed by atoms with E-state index in [9.17, 15) is 14.4 Å². The molecule has 0 saturated carbocycles. The minimum absolute atomic E-state index is 0. The Bertz CT molecular complexity index is 811. The first kappa shape index (κ1) is 22.1. The largest absolute Gasteiger partial charge is 0.478 e. The molecule has 8 heteroatoms. The van der Waals surface area contributed by atoms with E-state index in [1.165, 1.54) is 18.2 Å². The summed E-state index contributed by atoms with van der Waals surface area (Å²) in [6.07, 6.45) is 0.785. The minimum atomic E-state index is -1.31. The zero-order valence-electron chi connectivity index (χ0n) is 14.4. The normalized spacial score (nSPS) is 11.1. The second kappa shape index (κ2) is 10.3. The summed E-state index contributed by atoms with van der Waals surface area (Å²) in [4.78, 5) is 34.3. The summed E-state index contributed by atoms with van der Waals surface area (Å²) in [7, 11) is 0. The lowest BCUT2D eigenvalue weighted by molar-refractivity contribution is -0.122. The van der Waals surface area contributed by atoms with Crippen LogP contribution in [0.25, 0.3) is 0 Å². The molecule has 0 fully saturated rings. The van der Waals surface area contributed by atoms with Crippen LogP contribution in [0.3, 0.4) is 0 Å². The van der Waals surface area contributed by atoms with Crippen LogP contribution in [0.15, 0.2) is 48.5 Å². The molecule has 7 nitrogen and oxygen atoms in total. The molecule has 27 heavy (non-hydrogen) atoms. The topological polar surface area (TPSA) is 130 Å². The van der Waals surface area contributed by atoms with Gasteiger partial charge in [-0.05, 0) is 36.1 Å². The average molecular weight is 393 g/mol. The number of carboxylic acid groups (broad SMARTS) is 2. The fourth-order valence-electron chi connectivity index (χ4n) is 2.53. The maximum Gasteiger partial charge on any atom is 0.336 e. The van der Waals surface area contributed by atoms with Gasteiger partial charge in [0.25, 0.3) is 0 Å². The predicted octanol–water partition coefficient (Wildman–Crippen LogP) is 1.73. The summed E-state index contributed by atoms with van der Waals surface area (Å²) >= 11 is 0. The first-order chi connectivity index (χ1) is 12.4. The number of amides is 1. The highest BCUT2D eigenvalue weighted by atomic mass is 35.5. The molecule has 0 heterocycles. The Morgan fingerprint density at radius 2 is 1.56 bits per heavy atom. The molecule has 0 aromatic heterocycles. The van der Waals surface area contributed by atoms with Crippen LogP contribution in [0.2, 0.25) is 0 Å². The van der Waals surface area contributed by atoms with Gasteiger partial charge in [-0.15, -0.1) is 12.4 Å². The summed E-state index contributed by atoms with van der Waals surface area (Å²) in [5, 5.41) is 20.8.